The van der Waals surface area contributed by atoms with Crippen molar-refractivity contribution in [3.05, 3.63) is 0 Å². The van der Waals surface area contributed by atoms with Crippen molar-refractivity contribution in [2.75, 3.05) is 39.8 Å². The smallest absolute Gasteiger partial charge is 0.217 e. The molecule has 2 aliphatic rings. The fourth-order valence-electron chi connectivity index (χ4n) is 3.98. The highest BCUT2D eigenvalue weighted by Crippen LogP contribution is 2.22. The lowest BCUT2D eigenvalue weighted by Gasteiger charge is -2.34. The number of carbonyl (C=O) groups is 1. The zero-order valence-corrected chi connectivity index (χ0v) is 15.5. The van der Waals surface area contributed by atoms with Crippen LogP contribution in [-0.2, 0) is 4.79 Å². The third-order valence-electron chi connectivity index (χ3n) is 5.31. The second-order valence-electron chi connectivity index (χ2n) is 7.28. The van der Waals surface area contributed by atoms with Gasteiger partial charge in [-0.05, 0) is 45.6 Å². The summed E-state index contributed by atoms with van der Waals surface area (Å²) in [5.74, 6) is 1.16. The van der Waals surface area contributed by atoms with Gasteiger partial charge in [0.2, 0.25) is 5.91 Å². The predicted molar refractivity (Wildman–Crippen MR) is 99.0 cm³/mol. The highest BCUT2D eigenvalue weighted by atomic mass is 16.1. The molecule has 0 aromatic heterocycles. The van der Waals surface area contributed by atoms with Crippen molar-refractivity contribution in [2.24, 2.45) is 16.6 Å². The van der Waals surface area contributed by atoms with Crippen LogP contribution in [0.1, 0.15) is 51.9 Å². The van der Waals surface area contributed by atoms with Crippen molar-refractivity contribution < 1.29 is 4.79 Å². The number of hydrogen-bond acceptors (Lipinski definition) is 3. The van der Waals surface area contributed by atoms with Crippen LogP contribution in [0.15, 0.2) is 4.99 Å². The number of likely N-dealkylation sites (N-methyl/N-ethyl adjacent to an activating group) is 1. The van der Waals surface area contributed by atoms with Crippen molar-refractivity contribution in [1.29, 1.82) is 0 Å². The molecule has 1 saturated heterocycles. The van der Waals surface area contributed by atoms with Gasteiger partial charge in [-0.15, -0.1) is 0 Å². The van der Waals surface area contributed by atoms with E-state index in [1.807, 2.05) is 0 Å². The van der Waals surface area contributed by atoms with E-state index in [2.05, 4.69) is 29.1 Å². The summed E-state index contributed by atoms with van der Waals surface area (Å²) in [6.07, 6.45) is 8.09. The first-order valence-corrected chi connectivity index (χ1v) is 9.62. The molecular weight excluding hydrogens is 302 g/mol. The quantitative estimate of drug-likeness (QED) is 0.544. The Labute approximate surface area is 146 Å². The Bertz CT molecular complexity index is 420. The summed E-state index contributed by atoms with van der Waals surface area (Å²) in [6.45, 7) is 6.70. The Morgan fingerprint density at radius 3 is 2.71 bits per heavy atom. The molecule has 1 heterocycles. The summed E-state index contributed by atoms with van der Waals surface area (Å²) < 4.78 is 0. The Morgan fingerprint density at radius 1 is 1.29 bits per heavy atom. The number of nitrogens with zero attached hydrogens (tertiary/aromatic N) is 3. The van der Waals surface area contributed by atoms with Crippen LogP contribution in [0, 0.1) is 5.92 Å². The van der Waals surface area contributed by atoms with E-state index in [4.69, 9.17) is 10.7 Å². The molecule has 1 saturated carbocycles. The second kappa shape index (κ2) is 9.87. The van der Waals surface area contributed by atoms with Crippen molar-refractivity contribution in [2.45, 2.75) is 57.9 Å². The number of aliphatic imine (C=N–C) groups is 1. The summed E-state index contributed by atoms with van der Waals surface area (Å²) in [7, 11) is 2.22. The highest BCUT2D eigenvalue weighted by molar-refractivity contribution is 5.80. The number of nitrogens with one attached hydrogen (secondary N) is 1. The van der Waals surface area contributed by atoms with Crippen molar-refractivity contribution in [3.63, 3.8) is 0 Å². The van der Waals surface area contributed by atoms with Crippen LogP contribution in [0.2, 0.25) is 0 Å². The molecule has 6 nitrogen and oxygen atoms in total. The molecule has 138 valence electrons. The van der Waals surface area contributed by atoms with E-state index in [0.29, 0.717) is 12.3 Å². The van der Waals surface area contributed by atoms with Crippen LogP contribution in [0.25, 0.3) is 0 Å². The minimum Gasteiger partial charge on any atom is -0.370 e. The van der Waals surface area contributed by atoms with Crippen LogP contribution in [0.5, 0.6) is 0 Å². The van der Waals surface area contributed by atoms with E-state index in [1.54, 1.807) is 0 Å². The van der Waals surface area contributed by atoms with Crippen molar-refractivity contribution in [3.8, 4) is 0 Å². The normalized spacial score (nSPS) is 23.0. The van der Waals surface area contributed by atoms with E-state index in [1.165, 1.54) is 25.7 Å². The van der Waals surface area contributed by atoms with Gasteiger partial charge in [-0.25, -0.2) is 0 Å². The summed E-state index contributed by atoms with van der Waals surface area (Å²) >= 11 is 0. The van der Waals surface area contributed by atoms with Crippen LogP contribution >= 0.6 is 0 Å². The average molecular weight is 338 g/mol. The molecular formula is C18H35N5O. The molecule has 2 rings (SSSR count). The van der Waals surface area contributed by atoms with E-state index in [-0.39, 0.29) is 5.91 Å². The molecule has 3 N–H and O–H groups in total. The number of primary amides is 1. The van der Waals surface area contributed by atoms with Gasteiger partial charge in [0.25, 0.3) is 0 Å². The SMILES string of the molecule is CCNC(=NCCN(C)C1CCCC1)N1CCCC(CC(N)=O)C1. The number of amides is 1. The summed E-state index contributed by atoms with van der Waals surface area (Å²) in [5, 5.41) is 3.41. The predicted octanol–water partition coefficient (Wildman–Crippen LogP) is 1.41. The van der Waals surface area contributed by atoms with Crippen molar-refractivity contribution >= 4 is 11.9 Å². The van der Waals surface area contributed by atoms with Gasteiger partial charge < -0.3 is 20.9 Å². The maximum atomic E-state index is 11.2. The first-order valence-electron chi connectivity index (χ1n) is 9.62. The Kier molecular flexibility index (Phi) is 7.82. The van der Waals surface area contributed by atoms with E-state index in [9.17, 15) is 4.79 Å². The molecule has 1 atom stereocenters. The van der Waals surface area contributed by atoms with Crippen LogP contribution in [-0.4, -0.2) is 67.5 Å². The zero-order valence-electron chi connectivity index (χ0n) is 15.5. The molecule has 1 aliphatic heterocycles. The van der Waals surface area contributed by atoms with Gasteiger partial charge in [-0.1, -0.05) is 12.8 Å². The maximum Gasteiger partial charge on any atom is 0.217 e. The van der Waals surface area contributed by atoms with E-state index >= 15 is 0 Å². The number of rotatable bonds is 7. The fourth-order valence-corrected chi connectivity index (χ4v) is 3.98. The maximum absolute atomic E-state index is 11.2. The van der Waals surface area contributed by atoms with Gasteiger partial charge in [-0.3, -0.25) is 9.79 Å². The monoisotopic (exact) mass is 337 g/mol. The lowest BCUT2D eigenvalue weighted by molar-refractivity contribution is -0.119. The molecule has 2 fully saturated rings. The fraction of sp³-hybridized carbons (Fsp3) is 0.889. The number of guanidine groups is 1. The molecule has 0 aromatic carbocycles. The second-order valence-corrected chi connectivity index (χ2v) is 7.28. The Hall–Kier alpha value is -1.30. The standard InChI is InChI=1S/C18H35N5O/c1-3-20-18(21-10-12-22(2)16-8-4-5-9-16)23-11-6-7-15(14-23)13-17(19)24/h15-16H,3-14H2,1-2H3,(H2,19,24)(H,20,21). The first-order chi connectivity index (χ1) is 11.6. The van der Waals surface area contributed by atoms with Gasteiger partial charge in [0, 0.05) is 38.6 Å². The molecule has 1 aliphatic carbocycles. The van der Waals surface area contributed by atoms with E-state index < -0.39 is 0 Å². The zero-order chi connectivity index (χ0) is 17.4. The molecule has 0 spiro atoms. The lowest BCUT2D eigenvalue weighted by atomic mass is 9.95. The summed E-state index contributed by atoms with van der Waals surface area (Å²) in [5.41, 5.74) is 5.37. The third-order valence-corrected chi connectivity index (χ3v) is 5.31. The van der Waals surface area contributed by atoms with Gasteiger partial charge >= 0.3 is 0 Å². The van der Waals surface area contributed by atoms with Crippen LogP contribution in [0.4, 0.5) is 0 Å². The lowest BCUT2D eigenvalue weighted by Crippen LogP contribution is -2.47. The number of carbonyl (C=O) groups excluding carboxylic acids is 1. The average Bonchev–Trinajstić information content (AvgIpc) is 3.08. The molecule has 0 radical (unpaired) electrons. The molecule has 0 bridgehead atoms. The number of nitrogens with two attached hydrogens (primary N) is 1. The molecule has 24 heavy (non-hydrogen) atoms. The molecule has 0 aromatic rings. The van der Waals surface area contributed by atoms with Gasteiger partial charge in [0.15, 0.2) is 5.96 Å². The molecule has 6 heteroatoms. The van der Waals surface area contributed by atoms with Gasteiger partial charge in [-0.2, -0.15) is 0 Å². The van der Waals surface area contributed by atoms with Crippen molar-refractivity contribution in [1.82, 2.24) is 15.1 Å². The largest absolute Gasteiger partial charge is 0.370 e. The van der Waals surface area contributed by atoms with Crippen LogP contribution in [0.3, 0.4) is 0 Å². The van der Waals surface area contributed by atoms with E-state index in [0.717, 1.165) is 57.6 Å². The molecule has 1 amide bonds. The first kappa shape index (κ1) is 19.0. The topological polar surface area (TPSA) is 74.0 Å². The minimum atomic E-state index is -0.193. The number of likely N-dealkylation sites (tertiary alicyclic amines) is 1. The van der Waals surface area contributed by atoms with Gasteiger partial charge in [0.1, 0.15) is 0 Å². The number of hydrogen-bond donors (Lipinski definition) is 2. The van der Waals surface area contributed by atoms with Crippen LogP contribution < -0.4 is 11.1 Å². The Morgan fingerprint density at radius 2 is 2.04 bits per heavy atom. The third kappa shape index (κ3) is 5.96. The molecule has 1 unspecified atom stereocenters. The van der Waals surface area contributed by atoms with Gasteiger partial charge in [0.05, 0.1) is 6.54 Å². The summed E-state index contributed by atoms with van der Waals surface area (Å²) in [6, 6.07) is 0.748. The highest BCUT2D eigenvalue weighted by Gasteiger charge is 2.24. The number of piperidine rings is 1. The summed E-state index contributed by atoms with van der Waals surface area (Å²) in [4.78, 5) is 20.8. The Balaban J connectivity index is 1.85. The minimum absolute atomic E-state index is 0.193.